The molecule has 1 unspecified atom stereocenters. The highest BCUT2D eigenvalue weighted by molar-refractivity contribution is 5.94. The van der Waals surface area contributed by atoms with E-state index in [1.54, 1.807) is 0 Å². The molecule has 0 saturated carbocycles. The fourth-order valence-electron chi connectivity index (χ4n) is 2.81. The van der Waals surface area contributed by atoms with Gasteiger partial charge in [0.2, 0.25) is 0 Å². The van der Waals surface area contributed by atoms with Gasteiger partial charge in [0.05, 0.1) is 0 Å². The highest BCUT2D eigenvalue weighted by atomic mass is 16.2. The van der Waals surface area contributed by atoms with Crippen LogP contribution in [0.3, 0.4) is 0 Å². The van der Waals surface area contributed by atoms with Gasteiger partial charge in [-0.3, -0.25) is 4.79 Å². The van der Waals surface area contributed by atoms with Crippen molar-refractivity contribution in [2.75, 3.05) is 26.7 Å². The normalized spacial score (nSPS) is 20.8. The van der Waals surface area contributed by atoms with Crippen LogP contribution in [0.4, 0.5) is 0 Å². The molecule has 110 valence electrons. The van der Waals surface area contributed by atoms with Gasteiger partial charge in [-0.15, -0.1) is 0 Å². The van der Waals surface area contributed by atoms with Crippen molar-refractivity contribution < 1.29 is 4.79 Å². The average molecular weight is 275 g/mol. The Labute approximate surface area is 121 Å². The van der Waals surface area contributed by atoms with E-state index in [0.717, 1.165) is 43.6 Å². The summed E-state index contributed by atoms with van der Waals surface area (Å²) in [6, 6.07) is 7.98. The predicted molar refractivity (Wildman–Crippen MR) is 81.6 cm³/mol. The van der Waals surface area contributed by atoms with Gasteiger partial charge in [-0.05, 0) is 44.1 Å². The molecule has 2 rings (SSSR count). The molecule has 0 aromatic heterocycles. The van der Waals surface area contributed by atoms with E-state index in [4.69, 9.17) is 5.73 Å². The number of likely N-dealkylation sites (N-methyl/N-ethyl adjacent to an activating group) is 1. The third kappa shape index (κ3) is 3.38. The molecule has 1 aromatic rings. The van der Waals surface area contributed by atoms with Crippen molar-refractivity contribution in [3.05, 3.63) is 35.4 Å². The Kier molecular flexibility index (Phi) is 5.15. The Morgan fingerprint density at radius 3 is 2.60 bits per heavy atom. The van der Waals surface area contributed by atoms with Crippen LogP contribution in [0, 0.1) is 0 Å². The van der Waals surface area contributed by atoms with Crippen LogP contribution in [0.1, 0.15) is 35.7 Å². The monoisotopic (exact) mass is 275 g/mol. The number of nitrogens with zero attached hydrogens (tertiary/aromatic N) is 2. The largest absolute Gasteiger partial charge is 0.334 e. The van der Waals surface area contributed by atoms with Gasteiger partial charge in [0.1, 0.15) is 0 Å². The maximum atomic E-state index is 12.7. The summed E-state index contributed by atoms with van der Waals surface area (Å²) in [7, 11) is 2.13. The number of rotatable bonds is 3. The van der Waals surface area contributed by atoms with Crippen LogP contribution in [-0.2, 0) is 6.54 Å². The first-order valence-corrected chi connectivity index (χ1v) is 7.44. The van der Waals surface area contributed by atoms with Crippen LogP contribution in [0.2, 0.25) is 0 Å². The van der Waals surface area contributed by atoms with E-state index >= 15 is 0 Å². The number of hydrogen-bond acceptors (Lipinski definition) is 3. The zero-order valence-electron chi connectivity index (χ0n) is 12.5. The van der Waals surface area contributed by atoms with Gasteiger partial charge in [0.15, 0.2) is 0 Å². The summed E-state index contributed by atoms with van der Waals surface area (Å²) < 4.78 is 0. The molecule has 2 N–H and O–H groups in total. The van der Waals surface area contributed by atoms with E-state index in [-0.39, 0.29) is 5.91 Å². The Balaban J connectivity index is 2.16. The standard InChI is InChI=1S/C16H25N3O/c1-3-15-12-18(2)9-4-10-19(15)16(20)14-7-5-13(11-17)6-8-14/h5-8,15H,3-4,9-12,17H2,1-2H3. The van der Waals surface area contributed by atoms with Crippen molar-refractivity contribution in [1.82, 2.24) is 9.80 Å². The average Bonchev–Trinajstić information content (AvgIpc) is 2.67. The summed E-state index contributed by atoms with van der Waals surface area (Å²) in [4.78, 5) is 17.1. The summed E-state index contributed by atoms with van der Waals surface area (Å²) in [6.07, 6.45) is 2.04. The van der Waals surface area contributed by atoms with E-state index in [2.05, 4.69) is 18.9 Å². The number of carbonyl (C=O) groups excluding carboxylic acids is 1. The lowest BCUT2D eigenvalue weighted by Gasteiger charge is -2.30. The van der Waals surface area contributed by atoms with Crippen LogP contribution in [0.5, 0.6) is 0 Å². The molecule has 1 fully saturated rings. The Morgan fingerprint density at radius 2 is 2.00 bits per heavy atom. The van der Waals surface area contributed by atoms with Gasteiger partial charge >= 0.3 is 0 Å². The van der Waals surface area contributed by atoms with Crippen molar-refractivity contribution in [3.8, 4) is 0 Å². The molecule has 1 aliphatic heterocycles. The van der Waals surface area contributed by atoms with Crippen LogP contribution < -0.4 is 5.73 Å². The molecule has 1 aliphatic rings. The van der Waals surface area contributed by atoms with E-state index < -0.39 is 0 Å². The van der Waals surface area contributed by atoms with Crippen LogP contribution in [0.25, 0.3) is 0 Å². The molecule has 1 saturated heterocycles. The zero-order chi connectivity index (χ0) is 14.5. The van der Waals surface area contributed by atoms with Crippen LogP contribution in [-0.4, -0.2) is 48.4 Å². The molecule has 0 radical (unpaired) electrons. The van der Waals surface area contributed by atoms with Crippen LogP contribution in [0.15, 0.2) is 24.3 Å². The molecule has 0 bridgehead atoms. The van der Waals surface area contributed by atoms with E-state index in [1.807, 2.05) is 29.2 Å². The number of amides is 1. The molecule has 4 heteroatoms. The maximum absolute atomic E-state index is 12.7. The first kappa shape index (κ1) is 15.0. The number of hydrogen-bond donors (Lipinski definition) is 1. The van der Waals surface area contributed by atoms with Gasteiger partial charge < -0.3 is 15.5 Å². The third-order valence-electron chi connectivity index (χ3n) is 4.07. The van der Waals surface area contributed by atoms with Crippen molar-refractivity contribution in [2.24, 2.45) is 5.73 Å². The Bertz CT molecular complexity index is 444. The lowest BCUT2D eigenvalue weighted by Crippen LogP contribution is -2.43. The number of nitrogens with two attached hydrogens (primary N) is 1. The van der Waals surface area contributed by atoms with Gasteiger partial charge in [-0.1, -0.05) is 19.1 Å². The molecule has 4 nitrogen and oxygen atoms in total. The Morgan fingerprint density at radius 1 is 1.30 bits per heavy atom. The fraction of sp³-hybridized carbons (Fsp3) is 0.562. The van der Waals surface area contributed by atoms with Gasteiger partial charge in [0, 0.05) is 31.2 Å². The second kappa shape index (κ2) is 6.86. The quantitative estimate of drug-likeness (QED) is 0.913. The second-order valence-electron chi connectivity index (χ2n) is 5.58. The minimum atomic E-state index is 0.149. The summed E-state index contributed by atoms with van der Waals surface area (Å²) in [5.74, 6) is 0.149. The lowest BCUT2D eigenvalue weighted by atomic mass is 10.1. The molecule has 1 atom stereocenters. The van der Waals surface area contributed by atoms with Crippen molar-refractivity contribution in [1.29, 1.82) is 0 Å². The Hall–Kier alpha value is -1.39. The molecule has 1 heterocycles. The number of benzene rings is 1. The lowest BCUT2D eigenvalue weighted by molar-refractivity contribution is 0.0675. The van der Waals surface area contributed by atoms with Gasteiger partial charge in [0.25, 0.3) is 5.91 Å². The highest BCUT2D eigenvalue weighted by Crippen LogP contribution is 2.16. The third-order valence-corrected chi connectivity index (χ3v) is 4.07. The van der Waals surface area contributed by atoms with E-state index in [1.165, 1.54) is 0 Å². The molecular formula is C16H25N3O. The molecule has 1 amide bonds. The molecular weight excluding hydrogens is 250 g/mol. The van der Waals surface area contributed by atoms with E-state index in [9.17, 15) is 4.79 Å². The summed E-state index contributed by atoms with van der Waals surface area (Å²) >= 11 is 0. The number of carbonyl (C=O) groups is 1. The van der Waals surface area contributed by atoms with Crippen LogP contribution >= 0.6 is 0 Å². The van der Waals surface area contributed by atoms with E-state index in [0.29, 0.717) is 12.6 Å². The minimum absolute atomic E-state index is 0.149. The zero-order valence-corrected chi connectivity index (χ0v) is 12.5. The SMILES string of the molecule is CCC1CN(C)CCCN1C(=O)c1ccc(CN)cc1. The summed E-state index contributed by atoms with van der Waals surface area (Å²) in [5.41, 5.74) is 7.43. The van der Waals surface area contributed by atoms with Crippen molar-refractivity contribution in [2.45, 2.75) is 32.4 Å². The molecule has 0 spiro atoms. The molecule has 20 heavy (non-hydrogen) atoms. The molecule has 0 aliphatic carbocycles. The highest BCUT2D eigenvalue weighted by Gasteiger charge is 2.26. The predicted octanol–water partition coefficient (Wildman–Crippen LogP) is 1.70. The first-order chi connectivity index (χ1) is 9.65. The fourth-order valence-corrected chi connectivity index (χ4v) is 2.81. The molecule has 1 aromatic carbocycles. The summed E-state index contributed by atoms with van der Waals surface area (Å²) in [6.45, 7) is 5.54. The van der Waals surface area contributed by atoms with Crippen molar-refractivity contribution in [3.63, 3.8) is 0 Å². The van der Waals surface area contributed by atoms with Crippen molar-refractivity contribution >= 4 is 5.91 Å². The smallest absolute Gasteiger partial charge is 0.254 e. The first-order valence-electron chi connectivity index (χ1n) is 7.44. The maximum Gasteiger partial charge on any atom is 0.254 e. The second-order valence-corrected chi connectivity index (χ2v) is 5.58. The summed E-state index contributed by atoms with van der Waals surface area (Å²) in [5, 5.41) is 0. The van der Waals surface area contributed by atoms with Gasteiger partial charge in [-0.25, -0.2) is 0 Å². The topological polar surface area (TPSA) is 49.6 Å². The van der Waals surface area contributed by atoms with Gasteiger partial charge in [-0.2, -0.15) is 0 Å². The minimum Gasteiger partial charge on any atom is -0.334 e.